The molecular weight excluding hydrogens is 234 g/mol. The van der Waals surface area contributed by atoms with Crippen molar-refractivity contribution in [2.45, 2.75) is 0 Å². The molecule has 0 aliphatic heterocycles. The van der Waals surface area contributed by atoms with Crippen LogP contribution in [0.4, 0.5) is 5.82 Å². The standard InChI is InChI=1S/C13H10ClN3/c14-11-6-2-1-5-10(11)13-16-8-9-4-3-7-12(15)17(9)13/h1-8H,15H2. The number of hydrogen-bond donors (Lipinski definition) is 1. The number of fused-ring (bicyclic) bond motifs is 1. The lowest BCUT2D eigenvalue weighted by molar-refractivity contribution is 1.17. The number of rotatable bonds is 1. The first-order valence-corrected chi connectivity index (χ1v) is 5.62. The number of nitrogens with zero attached hydrogens (tertiary/aromatic N) is 2. The van der Waals surface area contributed by atoms with E-state index in [2.05, 4.69) is 4.98 Å². The molecule has 0 fully saturated rings. The minimum atomic E-state index is 0.648. The second kappa shape index (κ2) is 3.79. The number of nitrogen functional groups attached to an aromatic ring is 1. The average molecular weight is 244 g/mol. The molecule has 4 heteroatoms. The Balaban J connectivity index is 2.36. The highest BCUT2D eigenvalue weighted by Gasteiger charge is 2.10. The highest BCUT2D eigenvalue weighted by atomic mass is 35.5. The topological polar surface area (TPSA) is 43.3 Å². The van der Waals surface area contributed by atoms with Crippen molar-refractivity contribution in [2.24, 2.45) is 0 Å². The summed E-state index contributed by atoms with van der Waals surface area (Å²) in [4.78, 5) is 4.39. The summed E-state index contributed by atoms with van der Waals surface area (Å²) in [7, 11) is 0. The van der Waals surface area contributed by atoms with Crippen molar-refractivity contribution >= 4 is 22.9 Å². The Kier molecular flexibility index (Phi) is 2.27. The first-order chi connectivity index (χ1) is 8.27. The molecule has 0 radical (unpaired) electrons. The van der Waals surface area contributed by atoms with Gasteiger partial charge in [0.25, 0.3) is 0 Å². The smallest absolute Gasteiger partial charge is 0.147 e. The molecule has 1 aromatic carbocycles. The van der Waals surface area contributed by atoms with E-state index in [4.69, 9.17) is 17.3 Å². The number of imidazole rings is 1. The summed E-state index contributed by atoms with van der Waals surface area (Å²) in [5.41, 5.74) is 7.81. The SMILES string of the molecule is Nc1cccc2cnc(-c3ccccc3Cl)n12. The van der Waals surface area contributed by atoms with Gasteiger partial charge in [0.1, 0.15) is 11.6 Å². The highest BCUT2D eigenvalue weighted by Crippen LogP contribution is 2.28. The zero-order chi connectivity index (χ0) is 11.8. The van der Waals surface area contributed by atoms with E-state index in [-0.39, 0.29) is 0 Å². The monoisotopic (exact) mass is 243 g/mol. The second-order valence-corrected chi connectivity index (χ2v) is 4.18. The van der Waals surface area contributed by atoms with Crippen molar-refractivity contribution in [3.63, 3.8) is 0 Å². The summed E-state index contributed by atoms with van der Waals surface area (Å²) in [5.74, 6) is 1.42. The number of halogens is 1. The van der Waals surface area contributed by atoms with E-state index in [0.29, 0.717) is 10.8 Å². The van der Waals surface area contributed by atoms with Crippen LogP contribution in [-0.4, -0.2) is 9.38 Å². The van der Waals surface area contributed by atoms with Gasteiger partial charge >= 0.3 is 0 Å². The number of hydrogen-bond acceptors (Lipinski definition) is 2. The van der Waals surface area contributed by atoms with Gasteiger partial charge in [-0.2, -0.15) is 0 Å². The molecule has 3 aromatic rings. The van der Waals surface area contributed by atoms with Crippen LogP contribution in [0.5, 0.6) is 0 Å². The van der Waals surface area contributed by atoms with Crippen LogP contribution < -0.4 is 5.73 Å². The van der Waals surface area contributed by atoms with Crippen LogP contribution in [0.25, 0.3) is 16.9 Å². The van der Waals surface area contributed by atoms with Gasteiger partial charge in [0.05, 0.1) is 16.7 Å². The lowest BCUT2D eigenvalue weighted by Crippen LogP contribution is -1.98. The Morgan fingerprint density at radius 3 is 2.71 bits per heavy atom. The highest BCUT2D eigenvalue weighted by molar-refractivity contribution is 6.33. The number of nitrogens with two attached hydrogens (primary N) is 1. The van der Waals surface area contributed by atoms with Gasteiger partial charge in [-0.05, 0) is 24.3 Å². The Morgan fingerprint density at radius 1 is 1.06 bits per heavy atom. The van der Waals surface area contributed by atoms with Crippen molar-refractivity contribution < 1.29 is 0 Å². The maximum atomic E-state index is 6.17. The summed E-state index contributed by atoms with van der Waals surface area (Å²) in [6, 6.07) is 13.3. The summed E-state index contributed by atoms with van der Waals surface area (Å²) < 4.78 is 1.89. The predicted molar refractivity (Wildman–Crippen MR) is 70.1 cm³/mol. The van der Waals surface area contributed by atoms with Crippen molar-refractivity contribution in [2.75, 3.05) is 5.73 Å². The van der Waals surface area contributed by atoms with E-state index in [1.807, 2.05) is 46.9 Å². The summed E-state index contributed by atoms with van der Waals surface area (Å²) >= 11 is 6.17. The zero-order valence-electron chi connectivity index (χ0n) is 8.97. The first kappa shape index (κ1) is 10.2. The quantitative estimate of drug-likeness (QED) is 0.713. The Bertz CT molecular complexity index is 688. The van der Waals surface area contributed by atoms with Crippen LogP contribution in [0.2, 0.25) is 5.02 Å². The van der Waals surface area contributed by atoms with Crippen LogP contribution in [0, 0.1) is 0 Å². The minimum Gasteiger partial charge on any atom is -0.385 e. The van der Waals surface area contributed by atoms with E-state index in [1.165, 1.54) is 0 Å². The maximum absolute atomic E-state index is 6.17. The van der Waals surface area contributed by atoms with E-state index in [9.17, 15) is 0 Å². The van der Waals surface area contributed by atoms with Gasteiger partial charge in [-0.3, -0.25) is 4.40 Å². The number of pyridine rings is 1. The van der Waals surface area contributed by atoms with E-state index in [0.717, 1.165) is 16.9 Å². The van der Waals surface area contributed by atoms with Crippen LogP contribution >= 0.6 is 11.6 Å². The Labute approximate surface area is 103 Å². The van der Waals surface area contributed by atoms with Crippen LogP contribution in [0.15, 0.2) is 48.7 Å². The zero-order valence-corrected chi connectivity index (χ0v) is 9.72. The van der Waals surface area contributed by atoms with Gasteiger partial charge in [-0.15, -0.1) is 0 Å². The molecule has 0 saturated carbocycles. The normalized spacial score (nSPS) is 10.9. The van der Waals surface area contributed by atoms with E-state index in [1.54, 1.807) is 6.20 Å². The van der Waals surface area contributed by atoms with Crippen molar-refractivity contribution in [3.8, 4) is 11.4 Å². The Morgan fingerprint density at radius 2 is 1.88 bits per heavy atom. The fraction of sp³-hybridized carbons (Fsp3) is 0. The lowest BCUT2D eigenvalue weighted by Gasteiger charge is -2.06. The molecule has 0 aliphatic carbocycles. The molecule has 2 aromatic heterocycles. The molecule has 0 aliphatic rings. The molecule has 0 amide bonds. The molecule has 3 rings (SSSR count). The predicted octanol–water partition coefficient (Wildman–Crippen LogP) is 3.24. The van der Waals surface area contributed by atoms with Gasteiger partial charge < -0.3 is 5.73 Å². The molecule has 3 nitrogen and oxygen atoms in total. The number of aromatic nitrogens is 2. The van der Waals surface area contributed by atoms with Crippen LogP contribution in [-0.2, 0) is 0 Å². The fourth-order valence-electron chi connectivity index (χ4n) is 1.91. The van der Waals surface area contributed by atoms with Crippen molar-refractivity contribution in [1.82, 2.24) is 9.38 Å². The molecule has 0 saturated heterocycles. The molecule has 0 unspecified atom stereocenters. The number of anilines is 1. The largest absolute Gasteiger partial charge is 0.385 e. The average Bonchev–Trinajstić information content (AvgIpc) is 2.75. The van der Waals surface area contributed by atoms with Gasteiger partial charge in [0.2, 0.25) is 0 Å². The fourth-order valence-corrected chi connectivity index (χ4v) is 2.13. The third kappa shape index (κ3) is 1.56. The van der Waals surface area contributed by atoms with Gasteiger partial charge in [-0.25, -0.2) is 4.98 Å². The number of benzene rings is 1. The van der Waals surface area contributed by atoms with Crippen molar-refractivity contribution in [3.05, 3.63) is 53.7 Å². The summed E-state index contributed by atoms with van der Waals surface area (Å²) in [6.07, 6.45) is 1.79. The van der Waals surface area contributed by atoms with Gasteiger partial charge in [0, 0.05) is 5.56 Å². The molecule has 84 valence electrons. The third-order valence-corrected chi connectivity index (χ3v) is 3.03. The molecule has 0 bridgehead atoms. The lowest BCUT2D eigenvalue weighted by atomic mass is 10.2. The summed E-state index contributed by atoms with van der Waals surface area (Å²) in [6.45, 7) is 0. The van der Waals surface area contributed by atoms with Crippen LogP contribution in [0.3, 0.4) is 0 Å². The molecule has 0 atom stereocenters. The summed E-state index contributed by atoms with van der Waals surface area (Å²) in [5, 5.41) is 0.670. The molecular formula is C13H10ClN3. The van der Waals surface area contributed by atoms with E-state index < -0.39 is 0 Å². The molecule has 0 spiro atoms. The Hall–Kier alpha value is -2.00. The molecule has 17 heavy (non-hydrogen) atoms. The first-order valence-electron chi connectivity index (χ1n) is 5.24. The van der Waals surface area contributed by atoms with E-state index >= 15 is 0 Å². The van der Waals surface area contributed by atoms with Gasteiger partial charge in [-0.1, -0.05) is 29.8 Å². The molecule has 2 N–H and O–H groups in total. The molecule has 2 heterocycles. The maximum Gasteiger partial charge on any atom is 0.147 e. The second-order valence-electron chi connectivity index (χ2n) is 3.77. The minimum absolute atomic E-state index is 0.648. The van der Waals surface area contributed by atoms with Crippen LogP contribution in [0.1, 0.15) is 0 Å². The third-order valence-electron chi connectivity index (χ3n) is 2.70. The van der Waals surface area contributed by atoms with Gasteiger partial charge in [0.15, 0.2) is 0 Å². The van der Waals surface area contributed by atoms with Crippen molar-refractivity contribution in [1.29, 1.82) is 0 Å².